The van der Waals surface area contributed by atoms with Crippen LogP contribution in [0, 0.1) is 11.7 Å². The lowest BCUT2D eigenvalue weighted by molar-refractivity contribution is 0.0519. The van der Waals surface area contributed by atoms with Crippen LogP contribution < -0.4 is 10.6 Å². The van der Waals surface area contributed by atoms with Crippen molar-refractivity contribution in [3.8, 4) is 0 Å². The van der Waals surface area contributed by atoms with E-state index in [2.05, 4.69) is 24.5 Å². The summed E-state index contributed by atoms with van der Waals surface area (Å²) in [5, 5.41) is 6.11. The van der Waals surface area contributed by atoms with E-state index in [0.29, 0.717) is 19.0 Å². The molecule has 22 heavy (non-hydrogen) atoms. The van der Waals surface area contributed by atoms with Crippen molar-refractivity contribution in [1.82, 2.24) is 10.6 Å². The van der Waals surface area contributed by atoms with E-state index in [4.69, 9.17) is 4.74 Å². The zero-order valence-electron chi connectivity index (χ0n) is 14.1. The lowest BCUT2D eigenvalue weighted by Crippen LogP contribution is -2.45. The van der Waals surface area contributed by atoms with Crippen molar-refractivity contribution in [2.45, 2.75) is 52.8 Å². The first kappa shape index (κ1) is 18.4. The van der Waals surface area contributed by atoms with Gasteiger partial charge in [0.1, 0.15) is 11.4 Å². The summed E-state index contributed by atoms with van der Waals surface area (Å²) in [5.74, 6) is 0.0794. The minimum atomic E-state index is -0.508. The van der Waals surface area contributed by atoms with Gasteiger partial charge in [0.25, 0.3) is 0 Å². The third-order valence-electron chi connectivity index (χ3n) is 3.13. The van der Waals surface area contributed by atoms with Crippen molar-refractivity contribution in [3.05, 3.63) is 35.6 Å². The molecule has 4 nitrogen and oxygen atoms in total. The third-order valence-corrected chi connectivity index (χ3v) is 3.13. The Labute approximate surface area is 132 Å². The molecule has 0 aromatic heterocycles. The van der Waals surface area contributed by atoms with Crippen molar-refractivity contribution in [3.63, 3.8) is 0 Å². The van der Waals surface area contributed by atoms with Gasteiger partial charge in [0.15, 0.2) is 0 Å². The van der Waals surface area contributed by atoms with Crippen LogP contribution in [0.3, 0.4) is 0 Å². The van der Waals surface area contributed by atoms with Gasteiger partial charge < -0.3 is 15.4 Å². The van der Waals surface area contributed by atoms with Gasteiger partial charge in [0.05, 0.1) is 0 Å². The molecule has 0 aliphatic carbocycles. The fraction of sp³-hybridized carbons (Fsp3) is 0.588. The summed E-state index contributed by atoms with van der Waals surface area (Å²) in [6.45, 7) is 10.6. The fourth-order valence-electron chi connectivity index (χ4n) is 1.95. The van der Waals surface area contributed by atoms with Gasteiger partial charge in [-0.15, -0.1) is 0 Å². The smallest absolute Gasteiger partial charge is 0.407 e. The molecule has 0 bridgehead atoms. The van der Waals surface area contributed by atoms with Crippen molar-refractivity contribution in [2.24, 2.45) is 5.92 Å². The number of alkyl carbamates (subject to hydrolysis) is 1. The molecule has 1 aromatic rings. The highest BCUT2D eigenvalue weighted by molar-refractivity contribution is 5.67. The maximum Gasteiger partial charge on any atom is 0.407 e. The number of carbonyl (C=O) groups is 1. The molecule has 0 aliphatic heterocycles. The number of ether oxygens (including phenoxy) is 1. The van der Waals surface area contributed by atoms with Crippen LogP contribution in [0.25, 0.3) is 0 Å². The fourth-order valence-corrected chi connectivity index (χ4v) is 1.95. The second-order valence-electron chi connectivity index (χ2n) is 6.74. The quantitative estimate of drug-likeness (QED) is 0.846. The molecule has 1 unspecified atom stereocenters. The molecule has 0 radical (unpaired) electrons. The monoisotopic (exact) mass is 310 g/mol. The number of halogens is 1. The molecule has 1 aromatic carbocycles. The van der Waals surface area contributed by atoms with Gasteiger partial charge in [-0.25, -0.2) is 9.18 Å². The average molecular weight is 310 g/mol. The van der Waals surface area contributed by atoms with E-state index in [-0.39, 0.29) is 11.9 Å². The van der Waals surface area contributed by atoms with E-state index in [1.54, 1.807) is 6.07 Å². The second kappa shape index (κ2) is 8.13. The van der Waals surface area contributed by atoms with Gasteiger partial charge in [-0.1, -0.05) is 26.0 Å². The van der Waals surface area contributed by atoms with E-state index >= 15 is 0 Å². The third kappa shape index (κ3) is 7.41. The van der Waals surface area contributed by atoms with Crippen molar-refractivity contribution < 1.29 is 13.9 Å². The second-order valence-corrected chi connectivity index (χ2v) is 6.74. The average Bonchev–Trinajstić information content (AvgIpc) is 2.36. The normalized spacial score (nSPS) is 13.0. The minimum Gasteiger partial charge on any atom is -0.444 e. The molecular weight excluding hydrogens is 283 g/mol. The van der Waals surface area contributed by atoms with Crippen molar-refractivity contribution in [2.75, 3.05) is 6.54 Å². The standard InChI is InChI=1S/C17H27FN2O2/c1-12(2)15(11-20-16(21)22-17(3,4)5)19-10-13-7-6-8-14(18)9-13/h6-9,12,15,19H,10-11H2,1-5H3,(H,20,21). The Kier molecular flexibility index (Phi) is 6.81. The summed E-state index contributed by atoms with van der Waals surface area (Å²) in [6.07, 6.45) is -0.425. The molecule has 0 saturated heterocycles. The Morgan fingerprint density at radius 3 is 2.55 bits per heavy atom. The first-order valence-electron chi connectivity index (χ1n) is 7.62. The van der Waals surface area contributed by atoms with Crippen LogP contribution in [-0.2, 0) is 11.3 Å². The maximum atomic E-state index is 13.2. The van der Waals surface area contributed by atoms with Crippen LogP contribution in [0.2, 0.25) is 0 Å². The van der Waals surface area contributed by atoms with Gasteiger partial charge >= 0.3 is 6.09 Å². The van der Waals surface area contributed by atoms with Crippen LogP contribution in [0.1, 0.15) is 40.2 Å². The van der Waals surface area contributed by atoms with E-state index in [9.17, 15) is 9.18 Å². The van der Waals surface area contributed by atoms with Gasteiger partial charge in [-0.05, 0) is 44.4 Å². The lowest BCUT2D eigenvalue weighted by Gasteiger charge is -2.25. The van der Waals surface area contributed by atoms with Gasteiger partial charge in [0.2, 0.25) is 0 Å². The van der Waals surface area contributed by atoms with Crippen LogP contribution in [0.15, 0.2) is 24.3 Å². The summed E-state index contributed by atoms with van der Waals surface area (Å²) < 4.78 is 18.4. The van der Waals surface area contributed by atoms with E-state index in [1.807, 2.05) is 26.8 Å². The van der Waals surface area contributed by atoms with Crippen LogP contribution in [-0.4, -0.2) is 24.3 Å². The summed E-state index contributed by atoms with van der Waals surface area (Å²) in [6, 6.07) is 6.57. The zero-order chi connectivity index (χ0) is 16.8. The molecule has 1 rings (SSSR count). The van der Waals surface area contributed by atoms with Crippen LogP contribution in [0.4, 0.5) is 9.18 Å². The largest absolute Gasteiger partial charge is 0.444 e. The minimum absolute atomic E-state index is 0.0794. The molecule has 0 spiro atoms. The topological polar surface area (TPSA) is 50.4 Å². The summed E-state index contributed by atoms with van der Waals surface area (Å²) in [4.78, 5) is 11.7. The van der Waals surface area contributed by atoms with Crippen molar-refractivity contribution >= 4 is 6.09 Å². The molecular formula is C17H27FN2O2. The lowest BCUT2D eigenvalue weighted by atomic mass is 10.0. The maximum absolute atomic E-state index is 13.2. The molecule has 124 valence electrons. The number of benzene rings is 1. The number of rotatable bonds is 6. The first-order chi connectivity index (χ1) is 10.2. The number of hydrogen-bond donors (Lipinski definition) is 2. The highest BCUT2D eigenvalue weighted by Crippen LogP contribution is 2.08. The van der Waals surface area contributed by atoms with E-state index in [1.165, 1.54) is 12.1 Å². The molecule has 0 aliphatic rings. The Morgan fingerprint density at radius 2 is 2.00 bits per heavy atom. The Hall–Kier alpha value is -1.62. The van der Waals surface area contributed by atoms with Crippen molar-refractivity contribution in [1.29, 1.82) is 0 Å². The Morgan fingerprint density at radius 1 is 1.32 bits per heavy atom. The summed E-state index contributed by atoms with van der Waals surface area (Å²) in [5.41, 5.74) is 0.370. The SMILES string of the molecule is CC(C)C(CNC(=O)OC(C)(C)C)NCc1cccc(F)c1. The number of amides is 1. The molecule has 0 fully saturated rings. The molecule has 2 N–H and O–H groups in total. The summed E-state index contributed by atoms with van der Waals surface area (Å²) >= 11 is 0. The van der Waals surface area contributed by atoms with E-state index < -0.39 is 11.7 Å². The molecule has 5 heteroatoms. The molecule has 1 atom stereocenters. The molecule has 1 amide bonds. The Bertz CT molecular complexity index is 484. The van der Waals surface area contributed by atoms with E-state index in [0.717, 1.165) is 5.56 Å². The van der Waals surface area contributed by atoms with Gasteiger partial charge in [-0.2, -0.15) is 0 Å². The molecule has 0 heterocycles. The predicted octanol–water partition coefficient (Wildman–Crippen LogP) is 3.46. The van der Waals surface area contributed by atoms with Crippen LogP contribution in [0.5, 0.6) is 0 Å². The first-order valence-corrected chi connectivity index (χ1v) is 7.62. The van der Waals surface area contributed by atoms with Gasteiger partial charge in [0, 0.05) is 19.1 Å². The number of hydrogen-bond acceptors (Lipinski definition) is 3. The molecule has 0 saturated carbocycles. The highest BCUT2D eigenvalue weighted by Gasteiger charge is 2.18. The highest BCUT2D eigenvalue weighted by atomic mass is 19.1. The summed E-state index contributed by atoms with van der Waals surface area (Å²) in [7, 11) is 0. The number of carbonyl (C=O) groups excluding carboxylic acids is 1. The van der Waals surface area contributed by atoms with Gasteiger partial charge in [-0.3, -0.25) is 0 Å². The Balaban J connectivity index is 2.47. The predicted molar refractivity (Wildman–Crippen MR) is 86.1 cm³/mol. The van der Waals surface area contributed by atoms with Crippen LogP contribution >= 0.6 is 0 Å². The zero-order valence-corrected chi connectivity index (χ0v) is 14.1. The number of nitrogens with one attached hydrogen (secondary N) is 2.